The van der Waals surface area contributed by atoms with Crippen molar-refractivity contribution < 1.29 is 17.9 Å². The number of amides is 1. The van der Waals surface area contributed by atoms with Gasteiger partial charge in [0.1, 0.15) is 11.8 Å². The summed E-state index contributed by atoms with van der Waals surface area (Å²) >= 11 is 5.97. The zero-order valence-corrected chi connectivity index (χ0v) is 16.6. The number of aryl methyl sites for hydroxylation is 1. The molecule has 1 atom stereocenters. The summed E-state index contributed by atoms with van der Waals surface area (Å²) in [5.74, 6) is 0.0260. The molecule has 0 bridgehead atoms. The molecule has 2 aromatic rings. The fourth-order valence-corrected chi connectivity index (χ4v) is 3.86. The molecule has 0 aliphatic carbocycles. The molecule has 6 nitrogen and oxygen atoms in total. The van der Waals surface area contributed by atoms with Crippen LogP contribution in [0.3, 0.4) is 0 Å². The van der Waals surface area contributed by atoms with E-state index in [1.165, 1.54) is 14.0 Å². The van der Waals surface area contributed by atoms with Crippen molar-refractivity contribution in [2.24, 2.45) is 0 Å². The average molecular weight is 397 g/mol. The van der Waals surface area contributed by atoms with Gasteiger partial charge in [-0.2, -0.15) is 0 Å². The third kappa shape index (κ3) is 4.68. The number of nitrogens with one attached hydrogen (secondary N) is 1. The Labute approximate surface area is 158 Å². The van der Waals surface area contributed by atoms with Gasteiger partial charge in [0.15, 0.2) is 0 Å². The first-order valence-electron chi connectivity index (χ1n) is 7.84. The molecule has 1 unspecified atom stereocenters. The van der Waals surface area contributed by atoms with Crippen LogP contribution in [0, 0.1) is 6.92 Å². The highest BCUT2D eigenvalue weighted by Gasteiger charge is 2.29. The average Bonchev–Trinajstić information content (AvgIpc) is 2.57. The number of carbonyl (C=O) groups is 1. The van der Waals surface area contributed by atoms with Gasteiger partial charge in [0, 0.05) is 16.8 Å². The van der Waals surface area contributed by atoms with Crippen LogP contribution in [0.4, 0.5) is 11.4 Å². The lowest BCUT2D eigenvalue weighted by Gasteiger charge is -2.28. The monoisotopic (exact) mass is 396 g/mol. The van der Waals surface area contributed by atoms with Crippen LogP contribution in [-0.4, -0.2) is 33.7 Å². The topological polar surface area (TPSA) is 75.7 Å². The van der Waals surface area contributed by atoms with E-state index in [-0.39, 0.29) is 0 Å². The van der Waals surface area contributed by atoms with E-state index < -0.39 is 22.0 Å². The predicted octanol–water partition coefficient (Wildman–Crippen LogP) is 3.45. The van der Waals surface area contributed by atoms with E-state index in [0.717, 1.165) is 16.1 Å². The Morgan fingerprint density at radius 1 is 1.23 bits per heavy atom. The van der Waals surface area contributed by atoms with Crippen molar-refractivity contribution >= 4 is 38.9 Å². The van der Waals surface area contributed by atoms with Gasteiger partial charge in [0.25, 0.3) is 0 Å². The summed E-state index contributed by atoms with van der Waals surface area (Å²) in [5.41, 5.74) is 1.70. The summed E-state index contributed by atoms with van der Waals surface area (Å²) < 4.78 is 30.9. The lowest BCUT2D eigenvalue weighted by atomic mass is 10.2. The molecule has 2 rings (SSSR count). The van der Waals surface area contributed by atoms with Gasteiger partial charge in [0.05, 0.1) is 19.1 Å². The Morgan fingerprint density at radius 2 is 1.92 bits per heavy atom. The van der Waals surface area contributed by atoms with Gasteiger partial charge in [-0.3, -0.25) is 9.10 Å². The molecule has 0 saturated heterocycles. The number of rotatable bonds is 6. The van der Waals surface area contributed by atoms with Gasteiger partial charge >= 0.3 is 0 Å². The summed E-state index contributed by atoms with van der Waals surface area (Å²) in [6, 6.07) is 10.7. The van der Waals surface area contributed by atoms with Crippen LogP contribution in [0.15, 0.2) is 42.5 Å². The highest BCUT2D eigenvalue weighted by atomic mass is 35.5. The van der Waals surface area contributed by atoms with Crippen molar-refractivity contribution in [1.29, 1.82) is 0 Å². The van der Waals surface area contributed by atoms with E-state index in [0.29, 0.717) is 22.1 Å². The Hall–Kier alpha value is -2.25. The fourth-order valence-electron chi connectivity index (χ4n) is 2.52. The molecule has 140 valence electrons. The first kappa shape index (κ1) is 20.1. The molecule has 1 N–H and O–H groups in total. The van der Waals surface area contributed by atoms with E-state index in [1.807, 2.05) is 6.92 Å². The molecule has 0 aliphatic rings. The summed E-state index contributed by atoms with van der Waals surface area (Å²) in [4.78, 5) is 12.7. The van der Waals surface area contributed by atoms with Gasteiger partial charge in [-0.1, -0.05) is 23.7 Å². The van der Waals surface area contributed by atoms with Gasteiger partial charge in [-0.15, -0.1) is 0 Å². The van der Waals surface area contributed by atoms with E-state index >= 15 is 0 Å². The molecule has 0 radical (unpaired) electrons. The minimum atomic E-state index is -3.71. The van der Waals surface area contributed by atoms with Crippen molar-refractivity contribution in [1.82, 2.24) is 0 Å². The van der Waals surface area contributed by atoms with Crippen molar-refractivity contribution in [3.05, 3.63) is 53.1 Å². The van der Waals surface area contributed by atoms with Crippen molar-refractivity contribution in [3.8, 4) is 5.75 Å². The van der Waals surface area contributed by atoms with Crippen LogP contribution in [0.25, 0.3) is 0 Å². The van der Waals surface area contributed by atoms with Gasteiger partial charge < -0.3 is 10.1 Å². The number of hydrogen-bond donors (Lipinski definition) is 1. The number of halogens is 1. The Morgan fingerprint density at radius 3 is 2.54 bits per heavy atom. The highest BCUT2D eigenvalue weighted by Crippen LogP contribution is 2.26. The van der Waals surface area contributed by atoms with Crippen LogP contribution in [0.2, 0.25) is 5.02 Å². The fraction of sp³-hybridized carbons (Fsp3) is 0.278. The Kier molecular flexibility index (Phi) is 6.15. The van der Waals surface area contributed by atoms with Gasteiger partial charge in [-0.25, -0.2) is 8.42 Å². The van der Waals surface area contributed by atoms with Crippen molar-refractivity contribution in [3.63, 3.8) is 0 Å². The van der Waals surface area contributed by atoms with Crippen molar-refractivity contribution in [2.75, 3.05) is 23.0 Å². The summed E-state index contributed by atoms with van der Waals surface area (Å²) in [6.45, 7) is 3.35. The molecule has 0 aliphatic heterocycles. The summed E-state index contributed by atoms with van der Waals surface area (Å²) in [5, 5.41) is 3.22. The van der Waals surface area contributed by atoms with E-state index in [2.05, 4.69) is 5.32 Å². The third-order valence-corrected chi connectivity index (χ3v) is 5.33. The molecule has 0 saturated carbocycles. The summed E-state index contributed by atoms with van der Waals surface area (Å²) in [6.07, 6.45) is 1.06. The molecular formula is C18H21ClN2O4S. The molecule has 2 aromatic carbocycles. The second-order valence-corrected chi connectivity index (χ2v) is 8.18. The number of hydrogen-bond acceptors (Lipinski definition) is 4. The number of nitrogens with zero attached hydrogens (tertiary/aromatic N) is 1. The first-order valence-corrected chi connectivity index (χ1v) is 10.1. The highest BCUT2D eigenvalue weighted by molar-refractivity contribution is 7.92. The quantitative estimate of drug-likeness (QED) is 0.811. The SMILES string of the molecule is COc1cccc(N(C(C)C(=O)Nc2cc(Cl)ccc2C)S(C)(=O)=O)c1. The second-order valence-electron chi connectivity index (χ2n) is 5.88. The first-order chi connectivity index (χ1) is 12.1. The van der Waals surface area contributed by atoms with Gasteiger partial charge in [0.2, 0.25) is 15.9 Å². The Balaban J connectivity index is 2.36. The zero-order valence-electron chi connectivity index (χ0n) is 15.0. The smallest absolute Gasteiger partial charge is 0.248 e. The summed E-state index contributed by atoms with van der Waals surface area (Å²) in [7, 11) is -2.22. The number of anilines is 2. The lowest BCUT2D eigenvalue weighted by Crippen LogP contribution is -2.45. The van der Waals surface area contributed by atoms with Crippen LogP contribution >= 0.6 is 11.6 Å². The molecule has 26 heavy (non-hydrogen) atoms. The second kappa shape index (κ2) is 7.97. The molecule has 0 fully saturated rings. The number of carbonyl (C=O) groups excluding carboxylic acids is 1. The van der Waals surface area contributed by atoms with Gasteiger partial charge in [-0.05, 0) is 43.7 Å². The number of sulfonamides is 1. The van der Waals surface area contributed by atoms with Crippen LogP contribution in [-0.2, 0) is 14.8 Å². The van der Waals surface area contributed by atoms with Crippen LogP contribution < -0.4 is 14.4 Å². The molecular weight excluding hydrogens is 376 g/mol. The van der Waals surface area contributed by atoms with E-state index in [1.54, 1.807) is 42.5 Å². The molecule has 0 spiro atoms. The number of methoxy groups -OCH3 is 1. The maximum atomic E-state index is 12.7. The maximum Gasteiger partial charge on any atom is 0.248 e. The van der Waals surface area contributed by atoms with Crippen LogP contribution in [0.1, 0.15) is 12.5 Å². The van der Waals surface area contributed by atoms with E-state index in [9.17, 15) is 13.2 Å². The lowest BCUT2D eigenvalue weighted by molar-refractivity contribution is -0.116. The maximum absolute atomic E-state index is 12.7. The van der Waals surface area contributed by atoms with Crippen LogP contribution in [0.5, 0.6) is 5.75 Å². The number of ether oxygens (including phenoxy) is 1. The minimum absolute atomic E-state index is 0.345. The zero-order chi connectivity index (χ0) is 19.5. The normalized spacial score (nSPS) is 12.3. The predicted molar refractivity (Wildman–Crippen MR) is 105 cm³/mol. The number of benzene rings is 2. The molecule has 1 amide bonds. The largest absolute Gasteiger partial charge is 0.497 e. The standard InChI is InChI=1S/C18H21ClN2O4S/c1-12-8-9-14(19)10-17(12)20-18(22)13(2)21(26(4,23)24)15-6-5-7-16(11-15)25-3/h5-11,13H,1-4H3,(H,20,22). The van der Waals surface area contributed by atoms with E-state index in [4.69, 9.17) is 16.3 Å². The Bertz CT molecular complexity index is 915. The molecule has 0 aromatic heterocycles. The van der Waals surface area contributed by atoms with Crippen molar-refractivity contribution in [2.45, 2.75) is 19.9 Å². The minimum Gasteiger partial charge on any atom is -0.497 e. The third-order valence-electron chi connectivity index (χ3n) is 3.85. The molecule has 0 heterocycles. The molecule has 8 heteroatoms.